The topological polar surface area (TPSA) is 73.5 Å². The number of halogens is 6. The van der Waals surface area contributed by atoms with E-state index in [1.165, 1.54) is 12.1 Å². The van der Waals surface area contributed by atoms with Gasteiger partial charge in [0.1, 0.15) is 0 Å². The average Bonchev–Trinajstić information content (AvgIpc) is 3.41. The number of anilines is 3. The number of nitrogens with zero attached hydrogens (tertiary/aromatic N) is 1. The van der Waals surface area contributed by atoms with Crippen molar-refractivity contribution in [3.8, 4) is 0 Å². The number of alkyl halides is 6. The van der Waals surface area contributed by atoms with Gasteiger partial charge < -0.3 is 20.9 Å². The summed E-state index contributed by atoms with van der Waals surface area (Å²) in [6, 6.07) is 13.5. The first-order valence-corrected chi connectivity index (χ1v) is 12.0. The number of carbonyl (C=O) groups excluding carboxylic acids is 2. The Morgan fingerprint density at radius 3 is 1.92 bits per heavy atom. The van der Waals surface area contributed by atoms with E-state index in [9.17, 15) is 35.9 Å². The first-order valence-electron chi connectivity index (χ1n) is 12.0. The second-order valence-electron chi connectivity index (χ2n) is 8.97. The van der Waals surface area contributed by atoms with E-state index in [4.69, 9.17) is 0 Å². The Hall–Kier alpha value is -4.22. The minimum atomic E-state index is -5.05. The lowest BCUT2D eigenvalue weighted by Crippen LogP contribution is -2.27. The van der Waals surface area contributed by atoms with Crippen molar-refractivity contribution in [1.29, 1.82) is 0 Å². The fraction of sp³-hybridized carbons (Fsp3) is 0.259. The molecule has 0 spiro atoms. The number of carbonyl (C=O) groups is 2. The van der Waals surface area contributed by atoms with Gasteiger partial charge in [-0.3, -0.25) is 4.79 Å². The minimum Gasteiger partial charge on any atom is -0.371 e. The lowest BCUT2D eigenvalue weighted by atomic mass is 10.1. The van der Waals surface area contributed by atoms with Gasteiger partial charge in [0.15, 0.2) is 0 Å². The molecule has 3 aromatic carbocycles. The van der Waals surface area contributed by atoms with Crippen molar-refractivity contribution >= 4 is 29.0 Å². The molecule has 0 atom stereocenters. The molecule has 0 saturated carbocycles. The Bertz CT molecular complexity index is 1300. The highest BCUT2D eigenvalue weighted by atomic mass is 19.4. The third-order valence-corrected chi connectivity index (χ3v) is 6.09. The molecule has 6 nitrogen and oxygen atoms in total. The third-order valence-electron chi connectivity index (χ3n) is 6.09. The Morgan fingerprint density at radius 2 is 1.33 bits per heavy atom. The van der Waals surface area contributed by atoms with Crippen molar-refractivity contribution in [3.05, 3.63) is 89.0 Å². The molecule has 3 amide bonds. The summed E-state index contributed by atoms with van der Waals surface area (Å²) < 4.78 is 78.8. The minimum absolute atomic E-state index is 0.0273. The molecule has 1 saturated heterocycles. The van der Waals surface area contributed by atoms with Gasteiger partial charge in [-0.1, -0.05) is 30.3 Å². The Balaban J connectivity index is 1.54. The van der Waals surface area contributed by atoms with Gasteiger partial charge in [0, 0.05) is 36.7 Å². The highest BCUT2D eigenvalue weighted by molar-refractivity contribution is 6.04. The summed E-state index contributed by atoms with van der Waals surface area (Å²) in [6.45, 7) is 1.74. The number of benzene rings is 3. The van der Waals surface area contributed by atoms with Crippen LogP contribution >= 0.6 is 0 Å². The normalized spacial score (nSPS) is 13.7. The van der Waals surface area contributed by atoms with E-state index in [1.807, 2.05) is 40.5 Å². The highest BCUT2D eigenvalue weighted by Gasteiger charge is 2.37. The largest absolute Gasteiger partial charge is 0.416 e. The fourth-order valence-electron chi connectivity index (χ4n) is 4.22. The van der Waals surface area contributed by atoms with Crippen molar-refractivity contribution in [2.45, 2.75) is 31.7 Å². The Labute approximate surface area is 220 Å². The maximum Gasteiger partial charge on any atom is 0.416 e. The molecule has 0 bridgehead atoms. The van der Waals surface area contributed by atoms with Crippen molar-refractivity contribution in [1.82, 2.24) is 5.32 Å². The maximum atomic E-state index is 13.1. The van der Waals surface area contributed by atoms with Crippen molar-refractivity contribution in [2.24, 2.45) is 0 Å². The molecule has 1 aliphatic rings. The first-order chi connectivity index (χ1) is 18.4. The Morgan fingerprint density at radius 1 is 0.744 bits per heavy atom. The standard InChI is InChI=1S/C27H24F6N4O2/c28-26(29,30)18-12-19(27(31,32)33)14-21(13-18)36-25(39)35-20-8-9-23(37-10-4-5-11-37)22(15-20)24(38)34-16-17-6-2-1-3-7-17/h1-3,6-9,12-15H,4-5,10-11,16H2,(H,34,38)(H2,35,36,39). The predicted octanol–water partition coefficient (Wildman–Crippen LogP) is 6.90. The van der Waals surface area contributed by atoms with Crippen LogP contribution in [0.5, 0.6) is 0 Å². The van der Waals surface area contributed by atoms with Gasteiger partial charge in [-0.05, 0) is 54.8 Å². The third kappa shape index (κ3) is 7.21. The number of hydrogen-bond donors (Lipinski definition) is 3. The molecule has 39 heavy (non-hydrogen) atoms. The molecule has 0 aliphatic carbocycles. The molecular weight excluding hydrogens is 526 g/mol. The zero-order valence-corrected chi connectivity index (χ0v) is 20.4. The second-order valence-corrected chi connectivity index (χ2v) is 8.97. The van der Waals surface area contributed by atoms with Crippen LogP contribution in [0.4, 0.5) is 48.2 Å². The zero-order valence-electron chi connectivity index (χ0n) is 20.4. The molecule has 3 N–H and O–H groups in total. The van der Waals surface area contributed by atoms with E-state index < -0.39 is 41.1 Å². The van der Waals surface area contributed by atoms with Crippen LogP contribution in [0.2, 0.25) is 0 Å². The number of nitrogens with one attached hydrogen (secondary N) is 3. The summed E-state index contributed by atoms with van der Waals surface area (Å²) in [5.74, 6) is -0.405. The SMILES string of the molecule is O=C(Nc1cc(C(F)(F)F)cc(C(F)(F)F)c1)Nc1ccc(N2CCCC2)c(C(=O)NCc2ccccc2)c1. The van der Waals surface area contributed by atoms with Crippen molar-refractivity contribution in [2.75, 3.05) is 28.6 Å². The summed E-state index contributed by atoms with van der Waals surface area (Å²) in [5.41, 5.74) is -1.88. The zero-order chi connectivity index (χ0) is 28.2. The Kier molecular flexibility index (Phi) is 8.03. The molecule has 3 aromatic rings. The predicted molar refractivity (Wildman–Crippen MR) is 135 cm³/mol. The van der Waals surface area contributed by atoms with Crippen LogP contribution in [0.15, 0.2) is 66.7 Å². The quantitative estimate of drug-likeness (QED) is 0.293. The molecule has 1 heterocycles. The molecule has 0 unspecified atom stereocenters. The van der Waals surface area contributed by atoms with E-state index in [2.05, 4.69) is 10.6 Å². The van der Waals surface area contributed by atoms with Gasteiger partial charge in [-0.2, -0.15) is 26.3 Å². The number of hydrogen-bond acceptors (Lipinski definition) is 3. The van der Waals surface area contributed by atoms with Crippen LogP contribution in [0.25, 0.3) is 0 Å². The van der Waals surface area contributed by atoms with Gasteiger partial charge >= 0.3 is 18.4 Å². The molecule has 4 rings (SSSR count). The number of amides is 3. The average molecular weight is 551 g/mol. The summed E-state index contributed by atoms with van der Waals surface area (Å²) in [6.07, 6.45) is -8.21. The van der Waals surface area contributed by atoms with Gasteiger partial charge in [0.2, 0.25) is 0 Å². The van der Waals surface area contributed by atoms with Crippen LogP contribution in [0, 0.1) is 0 Å². The summed E-state index contributed by atoms with van der Waals surface area (Å²) in [7, 11) is 0. The van der Waals surface area contributed by atoms with Crippen molar-refractivity contribution in [3.63, 3.8) is 0 Å². The maximum absolute atomic E-state index is 13.1. The van der Waals surface area contributed by atoms with E-state index >= 15 is 0 Å². The highest BCUT2D eigenvalue weighted by Crippen LogP contribution is 2.37. The van der Waals surface area contributed by atoms with Crippen LogP contribution in [-0.2, 0) is 18.9 Å². The van der Waals surface area contributed by atoms with Gasteiger partial charge in [0.25, 0.3) is 5.91 Å². The number of urea groups is 1. The summed E-state index contributed by atoms with van der Waals surface area (Å²) in [4.78, 5) is 27.7. The first kappa shape index (κ1) is 27.8. The fourth-order valence-corrected chi connectivity index (χ4v) is 4.22. The smallest absolute Gasteiger partial charge is 0.371 e. The van der Waals surface area contributed by atoms with Crippen LogP contribution < -0.4 is 20.9 Å². The van der Waals surface area contributed by atoms with E-state index in [0.717, 1.165) is 31.5 Å². The lowest BCUT2D eigenvalue weighted by molar-refractivity contribution is -0.143. The molecular formula is C27H24F6N4O2. The van der Waals surface area contributed by atoms with Crippen LogP contribution in [0.1, 0.15) is 39.9 Å². The molecule has 0 aromatic heterocycles. The summed E-state index contributed by atoms with van der Waals surface area (Å²) in [5, 5.41) is 7.24. The monoisotopic (exact) mass is 550 g/mol. The van der Waals surface area contributed by atoms with E-state index in [-0.39, 0.29) is 23.9 Å². The second kappa shape index (κ2) is 11.3. The molecule has 1 aliphatic heterocycles. The van der Waals surface area contributed by atoms with Gasteiger partial charge in [0.05, 0.1) is 16.7 Å². The van der Waals surface area contributed by atoms with E-state index in [1.54, 1.807) is 6.07 Å². The molecule has 0 radical (unpaired) electrons. The van der Waals surface area contributed by atoms with Gasteiger partial charge in [-0.15, -0.1) is 0 Å². The van der Waals surface area contributed by atoms with Crippen LogP contribution in [0.3, 0.4) is 0 Å². The number of rotatable bonds is 6. The van der Waals surface area contributed by atoms with Gasteiger partial charge in [-0.25, -0.2) is 4.79 Å². The van der Waals surface area contributed by atoms with E-state index in [0.29, 0.717) is 17.8 Å². The van der Waals surface area contributed by atoms with Crippen LogP contribution in [-0.4, -0.2) is 25.0 Å². The molecule has 12 heteroatoms. The summed E-state index contributed by atoms with van der Waals surface area (Å²) >= 11 is 0. The lowest BCUT2D eigenvalue weighted by Gasteiger charge is -2.22. The molecule has 206 valence electrons. The van der Waals surface area contributed by atoms with Crippen molar-refractivity contribution < 1.29 is 35.9 Å². The molecule has 1 fully saturated rings.